The van der Waals surface area contributed by atoms with E-state index in [0.717, 1.165) is 0 Å². The Labute approximate surface area is 137 Å². The molecule has 6 heteroatoms. The van der Waals surface area contributed by atoms with Gasteiger partial charge in [-0.3, -0.25) is 4.79 Å². The van der Waals surface area contributed by atoms with Gasteiger partial charge in [-0.05, 0) is 63.6 Å². The van der Waals surface area contributed by atoms with E-state index in [-0.39, 0.29) is 30.5 Å². The van der Waals surface area contributed by atoms with Gasteiger partial charge in [-0.2, -0.15) is 0 Å². The second-order valence-electron chi connectivity index (χ2n) is 5.82. The normalized spacial score (nSPS) is 11.6. The molecule has 0 aliphatic carbocycles. The molecule has 124 valence electrons. The number of ether oxygens (including phenoxy) is 1. The van der Waals surface area contributed by atoms with Gasteiger partial charge in [0.2, 0.25) is 0 Å². The average molecular weight is 331 g/mol. The number of carbonyl (C=O) groups excluding carboxylic acids is 1. The summed E-state index contributed by atoms with van der Waals surface area (Å²) in [5.41, 5.74) is 6.15. The number of benzene rings is 1. The van der Waals surface area contributed by atoms with E-state index in [1.54, 1.807) is 24.3 Å². The van der Waals surface area contributed by atoms with Crippen molar-refractivity contribution in [2.45, 2.75) is 32.7 Å². The Bertz CT molecular complexity index is 496. The first-order valence-corrected chi connectivity index (χ1v) is 6.89. The van der Waals surface area contributed by atoms with Gasteiger partial charge < -0.3 is 15.8 Å². The van der Waals surface area contributed by atoms with Gasteiger partial charge in [0, 0.05) is 11.1 Å². The van der Waals surface area contributed by atoms with Crippen LogP contribution in [0.3, 0.4) is 0 Å². The monoisotopic (exact) mass is 330 g/mol. The third-order valence-corrected chi connectivity index (χ3v) is 2.65. The molecule has 0 saturated carbocycles. The smallest absolute Gasteiger partial charge is 0.251 e. The molecular formula is C16H24ClFN2O2. The molecule has 1 aromatic carbocycles. The largest absolute Gasteiger partial charge is 0.489 e. The lowest BCUT2D eigenvalue weighted by Crippen LogP contribution is -2.40. The quantitative estimate of drug-likeness (QED) is 0.841. The van der Waals surface area contributed by atoms with Crippen LogP contribution in [0.4, 0.5) is 4.39 Å². The summed E-state index contributed by atoms with van der Waals surface area (Å²) in [6.07, 6.45) is 0.987. The summed E-state index contributed by atoms with van der Waals surface area (Å²) in [4.78, 5) is 11.9. The van der Waals surface area contributed by atoms with Crippen molar-refractivity contribution in [1.82, 2.24) is 5.32 Å². The Hall–Kier alpha value is -1.59. The molecule has 0 spiro atoms. The van der Waals surface area contributed by atoms with E-state index in [4.69, 9.17) is 10.5 Å². The van der Waals surface area contributed by atoms with Gasteiger partial charge in [-0.25, -0.2) is 4.39 Å². The molecular weight excluding hydrogens is 307 g/mol. The Morgan fingerprint density at radius 2 is 1.91 bits per heavy atom. The second-order valence-corrected chi connectivity index (χ2v) is 5.82. The molecule has 0 heterocycles. The number of rotatable bonds is 6. The first-order valence-electron chi connectivity index (χ1n) is 6.89. The maximum atomic E-state index is 12.5. The van der Waals surface area contributed by atoms with Crippen molar-refractivity contribution in [3.63, 3.8) is 0 Å². The summed E-state index contributed by atoms with van der Waals surface area (Å²) < 4.78 is 18.0. The number of halogens is 2. The van der Waals surface area contributed by atoms with E-state index >= 15 is 0 Å². The molecule has 0 saturated heterocycles. The van der Waals surface area contributed by atoms with Crippen LogP contribution in [-0.2, 0) is 0 Å². The maximum Gasteiger partial charge on any atom is 0.251 e. The van der Waals surface area contributed by atoms with Crippen LogP contribution < -0.4 is 15.8 Å². The molecule has 0 aromatic heterocycles. The van der Waals surface area contributed by atoms with Crippen LogP contribution in [0.5, 0.6) is 5.75 Å². The fourth-order valence-electron chi connectivity index (χ4n) is 1.63. The lowest BCUT2D eigenvalue weighted by Gasteiger charge is -2.20. The lowest BCUT2D eigenvalue weighted by molar-refractivity contribution is 0.0919. The maximum absolute atomic E-state index is 12.5. The number of nitrogens with one attached hydrogen (secondary N) is 1. The van der Waals surface area contributed by atoms with Crippen molar-refractivity contribution >= 4 is 18.3 Å². The minimum Gasteiger partial charge on any atom is -0.489 e. The van der Waals surface area contributed by atoms with Crippen LogP contribution in [0.15, 0.2) is 36.2 Å². The van der Waals surface area contributed by atoms with E-state index in [2.05, 4.69) is 5.32 Å². The van der Waals surface area contributed by atoms with E-state index in [0.29, 0.717) is 36.2 Å². The molecule has 1 amide bonds. The minimum absolute atomic E-state index is 0. The number of hydrogen-bond donors (Lipinski definition) is 2. The highest BCUT2D eigenvalue weighted by molar-refractivity contribution is 5.94. The zero-order chi connectivity index (χ0) is 15.9. The van der Waals surface area contributed by atoms with Crippen molar-refractivity contribution in [1.29, 1.82) is 0 Å². The van der Waals surface area contributed by atoms with Gasteiger partial charge in [-0.1, -0.05) is 0 Å². The van der Waals surface area contributed by atoms with Gasteiger partial charge in [0.15, 0.2) is 0 Å². The van der Waals surface area contributed by atoms with Gasteiger partial charge in [0.25, 0.3) is 5.91 Å². The highest BCUT2D eigenvalue weighted by atomic mass is 35.5. The molecule has 0 fully saturated rings. The van der Waals surface area contributed by atoms with Crippen molar-refractivity contribution in [2.24, 2.45) is 5.73 Å². The topological polar surface area (TPSA) is 64.3 Å². The number of nitrogens with two attached hydrogens (primary N) is 1. The van der Waals surface area contributed by atoms with Crippen LogP contribution >= 0.6 is 12.4 Å². The summed E-state index contributed by atoms with van der Waals surface area (Å²) >= 11 is 0. The van der Waals surface area contributed by atoms with E-state index in [1.807, 2.05) is 20.8 Å². The highest BCUT2D eigenvalue weighted by Gasteiger charge is 2.15. The van der Waals surface area contributed by atoms with Crippen molar-refractivity contribution in [3.8, 4) is 5.75 Å². The molecule has 0 atom stereocenters. The Morgan fingerprint density at radius 1 is 1.32 bits per heavy atom. The number of carbonyl (C=O) groups is 1. The van der Waals surface area contributed by atoms with E-state index in [1.165, 1.54) is 0 Å². The highest BCUT2D eigenvalue weighted by Crippen LogP contribution is 2.14. The van der Waals surface area contributed by atoms with Crippen LogP contribution in [-0.4, -0.2) is 24.6 Å². The van der Waals surface area contributed by atoms with Crippen molar-refractivity contribution < 1.29 is 13.9 Å². The van der Waals surface area contributed by atoms with Gasteiger partial charge >= 0.3 is 0 Å². The minimum atomic E-state index is -0.282. The summed E-state index contributed by atoms with van der Waals surface area (Å²) in [5.74, 6) is 0.445. The molecule has 0 bridgehead atoms. The molecule has 22 heavy (non-hydrogen) atoms. The molecule has 0 aliphatic heterocycles. The standard InChI is InChI=1S/C16H23FN2O2.ClH/c1-16(2,3)19-15(20)13-4-6-14(7-5-13)21-11-12(10-17)8-9-18;/h4-7,10H,8-9,11,18H2,1-3H3,(H,19,20);1H/b12-10+;. The number of amides is 1. The summed E-state index contributed by atoms with van der Waals surface area (Å²) in [7, 11) is 0. The average Bonchev–Trinajstić information content (AvgIpc) is 2.42. The first-order chi connectivity index (χ1) is 9.85. The third kappa shape index (κ3) is 7.43. The van der Waals surface area contributed by atoms with Gasteiger partial charge in [-0.15, -0.1) is 12.4 Å². The van der Waals surface area contributed by atoms with Crippen LogP contribution in [0.1, 0.15) is 37.6 Å². The lowest BCUT2D eigenvalue weighted by atomic mass is 10.1. The SMILES string of the molecule is CC(C)(C)NC(=O)c1ccc(OC/C(=C/F)CCN)cc1.Cl. The summed E-state index contributed by atoms with van der Waals surface area (Å²) in [6.45, 7) is 6.30. The van der Waals surface area contributed by atoms with E-state index in [9.17, 15) is 9.18 Å². The summed E-state index contributed by atoms with van der Waals surface area (Å²) in [6, 6.07) is 6.74. The molecule has 1 aromatic rings. The van der Waals surface area contributed by atoms with Gasteiger partial charge in [0.05, 0.1) is 6.33 Å². The van der Waals surface area contributed by atoms with E-state index < -0.39 is 0 Å². The van der Waals surface area contributed by atoms with Gasteiger partial charge in [0.1, 0.15) is 12.4 Å². The molecule has 0 unspecified atom stereocenters. The Kier molecular flexibility index (Phi) is 8.75. The van der Waals surface area contributed by atoms with Crippen LogP contribution in [0, 0.1) is 0 Å². The Balaban J connectivity index is 0.00000441. The zero-order valence-electron chi connectivity index (χ0n) is 13.2. The predicted molar refractivity (Wildman–Crippen MR) is 89.3 cm³/mol. The first kappa shape index (κ1) is 20.4. The van der Waals surface area contributed by atoms with Crippen LogP contribution in [0.2, 0.25) is 0 Å². The second kappa shape index (κ2) is 9.43. The predicted octanol–water partition coefficient (Wildman–Crippen LogP) is 3.22. The van der Waals surface area contributed by atoms with Crippen molar-refractivity contribution in [3.05, 3.63) is 41.7 Å². The fraction of sp³-hybridized carbons (Fsp3) is 0.438. The molecule has 4 nitrogen and oxygen atoms in total. The molecule has 3 N–H and O–H groups in total. The molecule has 1 rings (SSSR count). The summed E-state index contributed by atoms with van der Waals surface area (Å²) in [5, 5.41) is 2.88. The molecule has 0 aliphatic rings. The van der Waals surface area contributed by atoms with Crippen LogP contribution in [0.25, 0.3) is 0 Å². The fourth-order valence-corrected chi connectivity index (χ4v) is 1.63. The molecule has 0 radical (unpaired) electrons. The third-order valence-electron chi connectivity index (χ3n) is 2.65. The number of hydrogen-bond acceptors (Lipinski definition) is 3. The Morgan fingerprint density at radius 3 is 2.36 bits per heavy atom. The van der Waals surface area contributed by atoms with Crippen molar-refractivity contribution in [2.75, 3.05) is 13.2 Å². The zero-order valence-corrected chi connectivity index (χ0v) is 14.0.